The summed E-state index contributed by atoms with van der Waals surface area (Å²) in [6.07, 6.45) is 2.76. The zero-order valence-electron chi connectivity index (χ0n) is 11.4. The Hall–Kier alpha value is -0.340. The van der Waals surface area contributed by atoms with Gasteiger partial charge in [0.2, 0.25) is 0 Å². The maximum atomic E-state index is 4.01. The van der Waals surface area contributed by atoms with Gasteiger partial charge in [-0.2, -0.15) is 0 Å². The van der Waals surface area contributed by atoms with Gasteiger partial charge in [0.15, 0.2) is 0 Å². The normalized spacial score (nSPS) is 19.8. The van der Waals surface area contributed by atoms with Crippen LogP contribution in [0.25, 0.3) is 0 Å². The molecule has 2 heteroatoms. The molecule has 0 heterocycles. The molecule has 0 aliphatic heterocycles. The van der Waals surface area contributed by atoms with Crippen molar-refractivity contribution in [2.75, 3.05) is 19.6 Å². The van der Waals surface area contributed by atoms with Crippen molar-refractivity contribution in [2.24, 2.45) is 5.92 Å². The van der Waals surface area contributed by atoms with Crippen LogP contribution in [-0.4, -0.2) is 36.6 Å². The lowest BCUT2D eigenvalue weighted by molar-refractivity contribution is 0.181. The van der Waals surface area contributed by atoms with Crippen LogP contribution in [0.3, 0.4) is 0 Å². The third-order valence-corrected chi connectivity index (χ3v) is 3.58. The largest absolute Gasteiger partial charge is 0.314 e. The first-order chi connectivity index (χ1) is 7.54. The fraction of sp³-hybridized carbons (Fsp3) is 0.857. The van der Waals surface area contributed by atoms with Crippen LogP contribution in [-0.2, 0) is 0 Å². The fourth-order valence-electron chi connectivity index (χ4n) is 2.06. The van der Waals surface area contributed by atoms with Gasteiger partial charge in [-0.3, -0.25) is 4.90 Å². The summed E-state index contributed by atoms with van der Waals surface area (Å²) < 4.78 is 0. The van der Waals surface area contributed by atoms with Crippen LogP contribution in [0.5, 0.6) is 0 Å². The lowest BCUT2D eigenvalue weighted by atomic mass is 10.0. The van der Waals surface area contributed by atoms with Crippen LogP contribution < -0.4 is 5.32 Å². The van der Waals surface area contributed by atoms with Crippen LogP contribution >= 0.6 is 0 Å². The molecular formula is C14H28N2. The van der Waals surface area contributed by atoms with Crippen molar-refractivity contribution in [2.45, 2.75) is 52.6 Å². The molecule has 2 nitrogen and oxygen atoms in total. The molecule has 2 unspecified atom stereocenters. The van der Waals surface area contributed by atoms with E-state index in [1.807, 2.05) is 0 Å². The molecule has 1 rings (SSSR count). The van der Waals surface area contributed by atoms with E-state index in [4.69, 9.17) is 0 Å². The highest BCUT2D eigenvalue weighted by atomic mass is 15.2. The Labute approximate surface area is 101 Å². The average molecular weight is 224 g/mol. The molecule has 2 atom stereocenters. The highest BCUT2D eigenvalue weighted by Gasteiger charge is 2.24. The summed E-state index contributed by atoms with van der Waals surface area (Å²) in [5.41, 5.74) is 1.26. The van der Waals surface area contributed by atoms with Gasteiger partial charge < -0.3 is 5.32 Å². The standard InChI is InChI=1S/C14H28N2/c1-6-16(10-11(2)3)13(5)12(4)9-15-14-7-8-14/h12-15H,2,6-10H2,1,3-5H3. The van der Waals surface area contributed by atoms with Gasteiger partial charge in [0, 0.05) is 18.6 Å². The van der Waals surface area contributed by atoms with Gasteiger partial charge in [0.05, 0.1) is 0 Å². The number of nitrogens with zero attached hydrogens (tertiary/aromatic N) is 1. The second kappa shape index (κ2) is 6.41. The van der Waals surface area contributed by atoms with Crippen molar-refractivity contribution >= 4 is 0 Å². The van der Waals surface area contributed by atoms with Crippen LogP contribution in [0.2, 0.25) is 0 Å². The summed E-state index contributed by atoms with van der Waals surface area (Å²) >= 11 is 0. The van der Waals surface area contributed by atoms with Crippen LogP contribution in [0.4, 0.5) is 0 Å². The van der Waals surface area contributed by atoms with Crippen LogP contribution in [0, 0.1) is 5.92 Å². The first-order valence-electron chi connectivity index (χ1n) is 6.66. The minimum Gasteiger partial charge on any atom is -0.314 e. The van der Waals surface area contributed by atoms with Crippen molar-refractivity contribution in [3.63, 3.8) is 0 Å². The van der Waals surface area contributed by atoms with Crippen LogP contribution in [0.15, 0.2) is 12.2 Å². The summed E-state index contributed by atoms with van der Waals surface area (Å²) in [4.78, 5) is 2.52. The van der Waals surface area contributed by atoms with E-state index in [9.17, 15) is 0 Å². The molecule has 0 aromatic heterocycles. The maximum absolute atomic E-state index is 4.01. The van der Waals surface area contributed by atoms with Crippen molar-refractivity contribution in [3.8, 4) is 0 Å². The molecule has 1 fully saturated rings. The van der Waals surface area contributed by atoms with E-state index in [0.717, 1.165) is 25.7 Å². The third kappa shape index (κ3) is 4.67. The third-order valence-electron chi connectivity index (χ3n) is 3.58. The highest BCUT2D eigenvalue weighted by Crippen LogP contribution is 2.20. The van der Waals surface area contributed by atoms with E-state index in [0.29, 0.717) is 12.0 Å². The van der Waals surface area contributed by atoms with E-state index >= 15 is 0 Å². The lowest BCUT2D eigenvalue weighted by Crippen LogP contribution is -2.42. The van der Waals surface area contributed by atoms with Gasteiger partial charge in [-0.15, -0.1) is 0 Å². The molecule has 0 aromatic rings. The highest BCUT2D eigenvalue weighted by molar-refractivity contribution is 4.93. The van der Waals surface area contributed by atoms with E-state index in [1.165, 1.54) is 18.4 Å². The average Bonchev–Trinajstić information content (AvgIpc) is 3.05. The van der Waals surface area contributed by atoms with Gasteiger partial charge in [-0.05, 0) is 45.7 Å². The fourth-order valence-corrected chi connectivity index (χ4v) is 2.06. The Kier molecular flexibility index (Phi) is 5.50. The summed E-state index contributed by atoms with van der Waals surface area (Å²) in [6, 6.07) is 1.46. The number of likely N-dealkylation sites (N-methyl/N-ethyl adjacent to an activating group) is 1. The predicted molar refractivity (Wildman–Crippen MR) is 71.7 cm³/mol. The van der Waals surface area contributed by atoms with Crippen molar-refractivity contribution in [1.82, 2.24) is 10.2 Å². The minimum absolute atomic E-state index is 0.632. The molecule has 1 aliphatic rings. The minimum atomic E-state index is 0.632. The molecule has 0 amide bonds. The monoisotopic (exact) mass is 224 g/mol. The molecule has 0 bridgehead atoms. The second-order valence-corrected chi connectivity index (χ2v) is 5.42. The van der Waals surface area contributed by atoms with E-state index in [2.05, 4.69) is 44.5 Å². The van der Waals surface area contributed by atoms with Crippen molar-refractivity contribution < 1.29 is 0 Å². The summed E-state index contributed by atoms with van der Waals surface area (Å²) in [7, 11) is 0. The number of hydrogen-bond acceptors (Lipinski definition) is 2. The Morgan fingerprint density at radius 1 is 1.44 bits per heavy atom. The first-order valence-corrected chi connectivity index (χ1v) is 6.66. The van der Waals surface area contributed by atoms with Crippen LogP contribution in [0.1, 0.15) is 40.5 Å². The zero-order valence-corrected chi connectivity index (χ0v) is 11.4. The van der Waals surface area contributed by atoms with Gasteiger partial charge in [0.1, 0.15) is 0 Å². The van der Waals surface area contributed by atoms with Gasteiger partial charge in [-0.1, -0.05) is 26.0 Å². The summed E-state index contributed by atoms with van der Waals surface area (Å²) in [6.45, 7) is 16.3. The number of rotatable bonds is 8. The summed E-state index contributed by atoms with van der Waals surface area (Å²) in [5, 5.41) is 3.62. The van der Waals surface area contributed by atoms with E-state index < -0.39 is 0 Å². The summed E-state index contributed by atoms with van der Waals surface area (Å²) in [5.74, 6) is 0.708. The molecule has 0 saturated heterocycles. The number of nitrogens with one attached hydrogen (secondary N) is 1. The Bertz CT molecular complexity index is 221. The quantitative estimate of drug-likeness (QED) is 0.638. The van der Waals surface area contributed by atoms with Crippen molar-refractivity contribution in [1.29, 1.82) is 0 Å². The Morgan fingerprint density at radius 3 is 2.50 bits per heavy atom. The predicted octanol–water partition coefficient (Wildman–Crippen LogP) is 2.66. The molecule has 0 spiro atoms. The second-order valence-electron chi connectivity index (χ2n) is 5.42. The molecule has 0 aromatic carbocycles. The molecule has 16 heavy (non-hydrogen) atoms. The molecule has 1 N–H and O–H groups in total. The molecule has 94 valence electrons. The molecule has 0 radical (unpaired) electrons. The molecule has 1 aliphatic carbocycles. The van der Waals surface area contributed by atoms with Gasteiger partial charge >= 0.3 is 0 Å². The Morgan fingerprint density at radius 2 is 2.06 bits per heavy atom. The maximum Gasteiger partial charge on any atom is 0.0190 e. The van der Waals surface area contributed by atoms with Gasteiger partial charge in [0.25, 0.3) is 0 Å². The first kappa shape index (κ1) is 13.7. The molecular weight excluding hydrogens is 196 g/mol. The SMILES string of the molecule is C=C(C)CN(CC)C(C)C(C)CNC1CC1. The van der Waals surface area contributed by atoms with E-state index in [1.54, 1.807) is 0 Å². The number of hydrogen-bond donors (Lipinski definition) is 1. The molecule has 1 saturated carbocycles. The topological polar surface area (TPSA) is 15.3 Å². The smallest absolute Gasteiger partial charge is 0.0190 e. The lowest BCUT2D eigenvalue weighted by Gasteiger charge is -2.32. The van der Waals surface area contributed by atoms with Crippen molar-refractivity contribution in [3.05, 3.63) is 12.2 Å². The Balaban J connectivity index is 2.31. The zero-order chi connectivity index (χ0) is 12.1. The van der Waals surface area contributed by atoms with E-state index in [-0.39, 0.29) is 0 Å². The van der Waals surface area contributed by atoms with Gasteiger partial charge in [-0.25, -0.2) is 0 Å².